The fourth-order valence-corrected chi connectivity index (χ4v) is 1.50. The van der Waals surface area contributed by atoms with Crippen LogP contribution in [0.4, 0.5) is 0 Å². The molecule has 16 heavy (non-hydrogen) atoms. The van der Waals surface area contributed by atoms with Crippen molar-refractivity contribution in [3.63, 3.8) is 0 Å². The van der Waals surface area contributed by atoms with Crippen molar-refractivity contribution in [3.05, 3.63) is 34.9 Å². The normalized spacial score (nSPS) is 10.2. The van der Waals surface area contributed by atoms with Crippen LogP contribution in [-0.2, 0) is 16.1 Å². The zero-order valence-corrected chi connectivity index (χ0v) is 10.2. The average Bonchev–Trinajstić information content (AvgIpc) is 2.23. The Bertz CT molecular complexity index is 361. The Labute approximate surface area is 96.8 Å². The Kier molecular flexibility index (Phi) is 4.99. The molecule has 0 fully saturated rings. The number of benzene rings is 1. The van der Waals surface area contributed by atoms with Crippen LogP contribution in [-0.4, -0.2) is 19.1 Å². The number of ether oxygens (including phenoxy) is 1. The van der Waals surface area contributed by atoms with Gasteiger partial charge in [0.2, 0.25) is 0 Å². The van der Waals surface area contributed by atoms with Crippen molar-refractivity contribution in [1.29, 1.82) is 0 Å². The number of aryl methyl sites for hydroxylation is 2. The molecule has 0 radical (unpaired) electrons. The van der Waals surface area contributed by atoms with Crippen LogP contribution in [0.2, 0.25) is 0 Å². The summed E-state index contributed by atoms with van der Waals surface area (Å²) in [5, 5.41) is 3.08. The molecule has 0 aliphatic carbocycles. The quantitative estimate of drug-likeness (QED) is 0.772. The fraction of sp³-hybridized carbons (Fsp3) is 0.462. The third-order valence-electron chi connectivity index (χ3n) is 2.39. The topological polar surface area (TPSA) is 38.3 Å². The molecule has 1 aromatic carbocycles. The maximum absolute atomic E-state index is 11.1. The van der Waals surface area contributed by atoms with Gasteiger partial charge in [-0.15, -0.1) is 0 Å². The van der Waals surface area contributed by atoms with Crippen LogP contribution in [0.1, 0.15) is 23.6 Å². The second-order valence-corrected chi connectivity index (χ2v) is 3.84. The van der Waals surface area contributed by atoms with Crippen molar-refractivity contribution in [1.82, 2.24) is 5.32 Å². The number of carbonyl (C=O) groups is 1. The summed E-state index contributed by atoms with van der Waals surface area (Å²) in [5.74, 6) is -0.201. The number of nitrogens with one attached hydrogen (secondary N) is 1. The van der Waals surface area contributed by atoms with E-state index < -0.39 is 0 Å². The summed E-state index contributed by atoms with van der Waals surface area (Å²) in [6.45, 7) is 7.34. The van der Waals surface area contributed by atoms with Gasteiger partial charge in [-0.2, -0.15) is 0 Å². The summed E-state index contributed by atoms with van der Waals surface area (Å²) in [6.07, 6.45) is 0. The van der Waals surface area contributed by atoms with Gasteiger partial charge < -0.3 is 10.1 Å². The first-order valence-electron chi connectivity index (χ1n) is 5.56. The van der Waals surface area contributed by atoms with Gasteiger partial charge in [-0.05, 0) is 31.9 Å². The van der Waals surface area contributed by atoms with Crippen LogP contribution in [0.25, 0.3) is 0 Å². The summed E-state index contributed by atoms with van der Waals surface area (Å²) in [6, 6.07) is 6.31. The van der Waals surface area contributed by atoms with Crippen LogP contribution in [0, 0.1) is 13.8 Å². The standard InChI is InChI=1S/C13H19NO2/c1-4-16-13(15)9-14-8-12-7-10(2)5-6-11(12)3/h5-7,14H,4,8-9H2,1-3H3. The van der Waals surface area contributed by atoms with Gasteiger partial charge in [0.05, 0.1) is 13.2 Å². The molecule has 88 valence electrons. The lowest BCUT2D eigenvalue weighted by atomic mass is 10.1. The first-order chi connectivity index (χ1) is 7.63. The van der Waals surface area contributed by atoms with Gasteiger partial charge in [-0.1, -0.05) is 23.8 Å². The molecular formula is C13H19NO2. The number of rotatable bonds is 5. The maximum Gasteiger partial charge on any atom is 0.319 e. The largest absolute Gasteiger partial charge is 0.465 e. The van der Waals surface area contributed by atoms with Gasteiger partial charge in [0.25, 0.3) is 0 Å². The Hall–Kier alpha value is -1.35. The third kappa shape index (κ3) is 4.03. The molecule has 0 aromatic heterocycles. The second-order valence-electron chi connectivity index (χ2n) is 3.84. The highest BCUT2D eigenvalue weighted by Gasteiger charge is 2.02. The van der Waals surface area contributed by atoms with E-state index in [-0.39, 0.29) is 12.5 Å². The Morgan fingerprint density at radius 1 is 1.38 bits per heavy atom. The minimum Gasteiger partial charge on any atom is -0.465 e. The predicted molar refractivity (Wildman–Crippen MR) is 64.3 cm³/mol. The monoisotopic (exact) mass is 221 g/mol. The minimum absolute atomic E-state index is 0.201. The zero-order valence-electron chi connectivity index (χ0n) is 10.2. The molecule has 3 heteroatoms. The van der Waals surface area contributed by atoms with Gasteiger partial charge in [-0.3, -0.25) is 4.79 Å². The van der Waals surface area contributed by atoms with Crippen LogP contribution >= 0.6 is 0 Å². The van der Waals surface area contributed by atoms with Crippen molar-refractivity contribution in [2.24, 2.45) is 0 Å². The molecule has 0 atom stereocenters. The second kappa shape index (κ2) is 6.28. The SMILES string of the molecule is CCOC(=O)CNCc1cc(C)ccc1C. The molecule has 1 aromatic rings. The molecular weight excluding hydrogens is 202 g/mol. The average molecular weight is 221 g/mol. The molecule has 0 saturated carbocycles. The van der Waals surface area contributed by atoms with E-state index >= 15 is 0 Å². The number of esters is 1. The highest BCUT2D eigenvalue weighted by atomic mass is 16.5. The molecule has 0 aliphatic rings. The minimum atomic E-state index is -0.201. The first kappa shape index (κ1) is 12.7. The predicted octanol–water partition coefficient (Wildman–Crippen LogP) is 1.96. The Balaban J connectivity index is 2.42. The highest BCUT2D eigenvalue weighted by Crippen LogP contribution is 2.09. The number of carbonyl (C=O) groups excluding carboxylic acids is 1. The van der Waals surface area contributed by atoms with Crippen LogP contribution in [0.3, 0.4) is 0 Å². The van der Waals surface area contributed by atoms with E-state index in [0.29, 0.717) is 13.2 Å². The number of hydrogen-bond acceptors (Lipinski definition) is 3. The third-order valence-corrected chi connectivity index (χ3v) is 2.39. The van der Waals surface area contributed by atoms with Gasteiger partial charge in [-0.25, -0.2) is 0 Å². The molecule has 0 unspecified atom stereocenters. The lowest BCUT2D eigenvalue weighted by Crippen LogP contribution is -2.24. The first-order valence-corrected chi connectivity index (χ1v) is 5.56. The van der Waals surface area contributed by atoms with E-state index in [4.69, 9.17) is 4.74 Å². The van der Waals surface area contributed by atoms with E-state index in [1.807, 2.05) is 6.92 Å². The zero-order chi connectivity index (χ0) is 12.0. The summed E-state index contributed by atoms with van der Waals surface area (Å²) in [7, 11) is 0. The number of hydrogen-bond donors (Lipinski definition) is 1. The van der Waals surface area contributed by atoms with Gasteiger partial charge in [0.1, 0.15) is 0 Å². The van der Waals surface area contributed by atoms with Crippen molar-refractivity contribution in [2.75, 3.05) is 13.2 Å². The molecule has 1 N–H and O–H groups in total. The van der Waals surface area contributed by atoms with Crippen molar-refractivity contribution < 1.29 is 9.53 Å². The lowest BCUT2D eigenvalue weighted by Gasteiger charge is -2.08. The van der Waals surface area contributed by atoms with Crippen molar-refractivity contribution in [3.8, 4) is 0 Å². The summed E-state index contributed by atoms with van der Waals surface area (Å²) in [5.41, 5.74) is 3.70. The van der Waals surface area contributed by atoms with E-state index in [9.17, 15) is 4.79 Å². The smallest absolute Gasteiger partial charge is 0.319 e. The molecule has 0 bridgehead atoms. The maximum atomic E-state index is 11.1. The molecule has 1 rings (SSSR count). The molecule has 0 amide bonds. The van der Waals surface area contributed by atoms with Gasteiger partial charge in [0, 0.05) is 6.54 Å². The molecule has 0 saturated heterocycles. The highest BCUT2D eigenvalue weighted by molar-refractivity contribution is 5.71. The van der Waals surface area contributed by atoms with Crippen LogP contribution in [0.5, 0.6) is 0 Å². The summed E-state index contributed by atoms with van der Waals surface area (Å²) in [4.78, 5) is 11.1. The molecule has 0 aliphatic heterocycles. The Morgan fingerprint density at radius 3 is 2.81 bits per heavy atom. The van der Waals surface area contributed by atoms with Crippen molar-refractivity contribution >= 4 is 5.97 Å². The van der Waals surface area contributed by atoms with Crippen LogP contribution in [0.15, 0.2) is 18.2 Å². The Morgan fingerprint density at radius 2 is 2.12 bits per heavy atom. The van der Waals surface area contributed by atoms with Crippen LogP contribution < -0.4 is 5.32 Å². The lowest BCUT2D eigenvalue weighted by molar-refractivity contribution is -0.142. The molecule has 0 spiro atoms. The molecule has 0 heterocycles. The summed E-state index contributed by atoms with van der Waals surface area (Å²) >= 11 is 0. The van der Waals surface area contributed by atoms with Gasteiger partial charge in [0.15, 0.2) is 0 Å². The van der Waals surface area contributed by atoms with E-state index in [1.165, 1.54) is 16.7 Å². The molecule has 3 nitrogen and oxygen atoms in total. The van der Waals surface area contributed by atoms with Crippen molar-refractivity contribution in [2.45, 2.75) is 27.3 Å². The fourth-order valence-electron chi connectivity index (χ4n) is 1.50. The van der Waals surface area contributed by atoms with E-state index in [0.717, 1.165) is 0 Å². The van der Waals surface area contributed by atoms with E-state index in [2.05, 4.69) is 37.4 Å². The van der Waals surface area contributed by atoms with E-state index in [1.54, 1.807) is 0 Å². The van der Waals surface area contributed by atoms with Gasteiger partial charge >= 0.3 is 5.97 Å². The summed E-state index contributed by atoms with van der Waals surface area (Å²) < 4.78 is 4.83.